The number of hydrogen-bond acceptors (Lipinski definition) is 3. The van der Waals surface area contributed by atoms with Crippen LogP contribution in [0.5, 0.6) is 0 Å². The van der Waals surface area contributed by atoms with E-state index in [4.69, 9.17) is 0 Å². The van der Waals surface area contributed by atoms with E-state index in [9.17, 15) is 4.79 Å². The highest BCUT2D eigenvalue weighted by Crippen LogP contribution is 2.20. The van der Waals surface area contributed by atoms with Gasteiger partial charge in [0.05, 0.1) is 6.33 Å². The van der Waals surface area contributed by atoms with Gasteiger partial charge in [0.15, 0.2) is 0 Å². The first-order chi connectivity index (χ1) is 10.7. The number of hydrogen-bond donors (Lipinski definition) is 1. The molecule has 0 aliphatic carbocycles. The van der Waals surface area contributed by atoms with Gasteiger partial charge in [0.25, 0.3) is 0 Å². The maximum Gasteiger partial charge on any atom is 0.317 e. The summed E-state index contributed by atoms with van der Waals surface area (Å²) in [5.74, 6) is 0. The van der Waals surface area contributed by atoms with Gasteiger partial charge in [-0.05, 0) is 45.7 Å². The van der Waals surface area contributed by atoms with Crippen LogP contribution in [0.1, 0.15) is 32.6 Å². The molecule has 1 aromatic rings. The number of urea groups is 1. The quantitative estimate of drug-likeness (QED) is 0.918. The maximum absolute atomic E-state index is 12.5. The first kappa shape index (κ1) is 15.3. The van der Waals surface area contributed by atoms with Crippen molar-refractivity contribution in [3.8, 4) is 0 Å². The molecule has 2 atom stereocenters. The molecule has 122 valence electrons. The highest BCUT2D eigenvalue weighted by Gasteiger charge is 2.29. The van der Waals surface area contributed by atoms with Gasteiger partial charge >= 0.3 is 6.03 Å². The van der Waals surface area contributed by atoms with E-state index >= 15 is 0 Å². The molecule has 2 aliphatic heterocycles. The SMILES string of the molecule is C[C@H](Cn1ccnc1)NC(=O)N1CCC[C@H](N2CCCC2)C1. The Balaban J connectivity index is 1.48. The van der Waals surface area contributed by atoms with E-state index in [2.05, 4.69) is 15.2 Å². The van der Waals surface area contributed by atoms with E-state index in [-0.39, 0.29) is 12.1 Å². The van der Waals surface area contributed by atoms with Gasteiger partial charge in [-0.15, -0.1) is 0 Å². The van der Waals surface area contributed by atoms with Gasteiger partial charge in [0.1, 0.15) is 0 Å². The minimum atomic E-state index is 0.0801. The summed E-state index contributed by atoms with van der Waals surface area (Å²) < 4.78 is 1.99. The Kier molecular flexibility index (Phi) is 4.97. The van der Waals surface area contributed by atoms with Gasteiger partial charge in [-0.3, -0.25) is 4.90 Å². The zero-order valence-electron chi connectivity index (χ0n) is 13.4. The number of piperidine rings is 1. The molecule has 0 radical (unpaired) electrons. The minimum Gasteiger partial charge on any atom is -0.335 e. The molecule has 1 aromatic heterocycles. The fourth-order valence-corrected chi connectivity index (χ4v) is 3.60. The lowest BCUT2D eigenvalue weighted by atomic mass is 10.0. The number of carbonyl (C=O) groups is 1. The van der Waals surface area contributed by atoms with Crippen molar-refractivity contribution >= 4 is 6.03 Å². The van der Waals surface area contributed by atoms with Crippen molar-refractivity contribution in [3.05, 3.63) is 18.7 Å². The summed E-state index contributed by atoms with van der Waals surface area (Å²) >= 11 is 0. The van der Waals surface area contributed by atoms with Crippen molar-refractivity contribution in [1.29, 1.82) is 0 Å². The Morgan fingerprint density at radius 3 is 2.86 bits per heavy atom. The molecule has 22 heavy (non-hydrogen) atoms. The smallest absolute Gasteiger partial charge is 0.317 e. The summed E-state index contributed by atoms with van der Waals surface area (Å²) in [6, 6.07) is 0.747. The number of imidazole rings is 1. The molecule has 2 saturated heterocycles. The Labute approximate surface area is 132 Å². The predicted octanol–water partition coefficient (Wildman–Crippen LogP) is 1.54. The molecule has 6 nitrogen and oxygen atoms in total. The van der Waals surface area contributed by atoms with Gasteiger partial charge in [-0.2, -0.15) is 0 Å². The number of nitrogens with one attached hydrogen (secondary N) is 1. The van der Waals surface area contributed by atoms with Crippen LogP contribution in [0.4, 0.5) is 4.79 Å². The van der Waals surface area contributed by atoms with Crippen LogP contribution in [-0.2, 0) is 6.54 Å². The highest BCUT2D eigenvalue weighted by atomic mass is 16.2. The largest absolute Gasteiger partial charge is 0.335 e. The number of likely N-dealkylation sites (tertiary alicyclic amines) is 2. The number of carbonyl (C=O) groups excluding carboxylic acids is 1. The zero-order valence-corrected chi connectivity index (χ0v) is 13.4. The summed E-state index contributed by atoms with van der Waals surface area (Å²) in [5.41, 5.74) is 0. The number of aromatic nitrogens is 2. The second-order valence-corrected chi connectivity index (χ2v) is 6.60. The molecule has 2 fully saturated rings. The first-order valence-corrected chi connectivity index (χ1v) is 8.47. The van der Waals surface area contributed by atoms with Crippen molar-refractivity contribution in [2.24, 2.45) is 0 Å². The molecule has 0 unspecified atom stereocenters. The first-order valence-electron chi connectivity index (χ1n) is 8.47. The lowest BCUT2D eigenvalue weighted by Crippen LogP contribution is -2.53. The van der Waals surface area contributed by atoms with Crippen LogP contribution in [0.15, 0.2) is 18.7 Å². The topological polar surface area (TPSA) is 53.4 Å². The van der Waals surface area contributed by atoms with Crippen LogP contribution in [0, 0.1) is 0 Å². The molecule has 2 amide bonds. The monoisotopic (exact) mass is 305 g/mol. The highest BCUT2D eigenvalue weighted by molar-refractivity contribution is 5.74. The van der Waals surface area contributed by atoms with Crippen LogP contribution in [0.25, 0.3) is 0 Å². The van der Waals surface area contributed by atoms with E-state index in [1.54, 1.807) is 12.5 Å². The Morgan fingerprint density at radius 1 is 1.32 bits per heavy atom. The minimum absolute atomic E-state index is 0.0801. The second-order valence-electron chi connectivity index (χ2n) is 6.60. The van der Waals surface area contributed by atoms with Gasteiger partial charge in [-0.1, -0.05) is 0 Å². The molecule has 6 heteroatoms. The molecule has 3 rings (SSSR count). The average Bonchev–Trinajstić information content (AvgIpc) is 3.20. The molecule has 1 N–H and O–H groups in total. The molecule has 0 aromatic carbocycles. The average molecular weight is 305 g/mol. The van der Waals surface area contributed by atoms with Crippen molar-refractivity contribution in [3.63, 3.8) is 0 Å². The fraction of sp³-hybridized carbons (Fsp3) is 0.750. The zero-order chi connectivity index (χ0) is 15.4. The lowest BCUT2D eigenvalue weighted by molar-refractivity contribution is 0.123. The van der Waals surface area contributed by atoms with Gasteiger partial charge < -0.3 is 14.8 Å². The van der Waals surface area contributed by atoms with Crippen molar-refractivity contribution in [2.45, 2.75) is 51.2 Å². The maximum atomic E-state index is 12.5. The van der Waals surface area contributed by atoms with Gasteiger partial charge in [-0.25, -0.2) is 9.78 Å². The molecule has 0 saturated carbocycles. The molecular formula is C16H27N5O. The summed E-state index contributed by atoms with van der Waals surface area (Å²) in [5, 5.41) is 3.12. The molecule has 3 heterocycles. The van der Waals surface area contributed by atoms with Crippen LogP contribution in [0.3, 0.4) is 0 Å². The second kappa shape index (κ2) is 7.13. The van der Waals surface area contributed by atoms with Crippen molar-refractivity contribution < 1.29 is 4.79 Å². The summed E-state index contributed by atoms with van der Waals surface area (Å²) in [6.45, 7) is 6.97. The van der Waals surface area contributed by atoms with E-state index < -0.39 is 0 Å². The number of nitrogens with zero attached hydrogens (tertiary/aromatic N) is 4. The van der Waals surface area contributed by atoms with E-state index in [1.165, 1.54) is 32.4 Å². The van der Waals surface area contributed by atoms with Gasteiger partial charge in [0, 0.05) is 44.1 Å². The van der Waals surface area contributed by atoms with Crippen LogP contribution < -0.4 is 5.32 Å². The Hall–Kier alpha value is -1.56. The predicted molar refractivity (Wildman–Crippen MR) is 85.6 cm³/mol. The molecule has 2 aliphatic rings. The summed E-state index contributed by atoms with van der Waals surface area (Å²) in [7, 11) is 0. The van der Waals surface area contributed by atoms with Crippen LogP contribution >= 0.6 is 0 Å². The summed E-state index contributed by atoms with van der Waals surface area (Å²) in [4.78, 5) is 21.1. The third-order valence-electron chi connectivity index (χ3n) is 4.75. The van der Waals surface area contributed by atoms with Crippen LogP contribution in [-0.4, -0.2) is 63.6 Å². The number of amides is 2. The van der Waals surface area contributed by atoms with E-state index in [1.807, 2.05) is 22.6 Å². The fourth-order valence-electron chi connectivity index (χ4n) is 3.60. The summed E-state index contributed by atoms with van der Waals surface area (Å²) in [6.07, 6.45) is 10.4. The van der Waals surface area contributed by atoms with Gasteiger partial charge in [0.2, 0.25) is 0 Å². The van der Waals surface area contributed by atoms with Crippen LogP contribution in [0.2, 0.25) is 0 Å². The third-order valence-corrected chi connectivity index (χ3v) is 4.75. The Morgan fingerprint density at radius 2 is 2.14 bits per heavy atom. The normalized spacial score (nSPS) is 24.4. The van der Waals surface area contributed by atoms with Crippen molar-refractivity contribution in [2.75, 3.05) is 26.2 Å². The Bertz CT molecular complexity index is 469. The van der Waals surface area contributed by atoms with E-state index in [0.717, 1.165) is 26.1 Å². The molecular weight excluding hydrogens is 278 g/mol. The third kappa shape index (κ3) is 3.80. The van der Waals surface area contributed by atoms with Crippen molar-refractivity contribution in [1.82, 2.24) is 24.7 Å². The van der Waals surface area contributed by atoms with E-state index in [0.29, 0.717) is 6.04 Å². The standard InChI is InChI=1S/C16H27N5O/c1-14(11-19-10-6-17-13-19)18-16(22)21-9-4-5-15(12-21)20-7-2-3-8-20/h6,10,13-15H,2-5,7-9,11-12H2,1H3,(H,18,22)/t14-,15+/m1/s1. The lowest BCUT2D eigenvalue weighted by Gasteiger charge is -2.38. The molecule has 0 spiro atoms. The molecule has 0 bridgehead atoms. The number of rotatable bonds is 4.